The molecule has 112 valence electrons. The first-order valence-electron chi connectivity index (χ1n) is 6.36. The summed E-state index contributed by atoms with van der Waals surface area (Å²) in [6, 6.07) is 4.69. The third-order valence-corrected chi connectivity index (χ3v) is 2.90. The molecular formula is C13H20ClN3O3. The van der Waals surface area contributed by atoms with E-state index in [-0.39, 0.29) is 5.69 Å². The summed E-state index contributed by atoms with van der Waals surface area (Å²) in [5.41, 5.74) is 0.659. The van der Waals surface area contributed by atoms with E-state index in [2.05, 4.69) is 5.32 Å². The van der Waals surface area contributed by atoms with Gasteiger partial charge in [-0.05, 0) is 26.2 Å². The number of nitrogens with one attached hydrogen (secondary N) is 1. The standard InChI is InChI=1S/C13H20ClN3O3/c1-16(2)6-8-20-7-5-15-10-11-3-4-12(14)9-13(11)17(18)19/h3-4,9,15H,5-8,10H2,1-2H3. The number of benzene rings is 1. The number of nitrogens with zero attached hydrogens (tertiary/aromatic N) is 2. The average molecular weight is 302 g/mol. The summed E-state index contributed by atoms with van der Waals surface area (Å²) in [5.74, 6) is 0. The molecule has 6 nitrogen and oxygen atoms in total. The molecule has 0 saturated heterocycles. The van der Waals surface area contributed by atoms with Crippen LogP contribution in [0.15, 0.2) is 18.2 Å². The zero-order valence-electron chi connectivity index (χ0n) is 11.8. The zero-order chi connectivity index (χ0) is 15.0. The van der Waals surface area contributed by atoms with Gasteiger partial charge in [-0.3, -0.25) is 10.1 Å². The van der Waals surface area contributed by atoms with Crippen molar-refractivity contribution < 1.29 is 9.66 Å². The molecule has 0 fully saturated rings. The minimum Gasteiger partial charge on any atom is -0.379 e. The molecule has 7 heteroatoms. The largest absolute Gasteiger partial charge is 0.379 e. The van der Waals surface area contributed by atoms with E-state index in [1.54, 1.807) is 12.1 Å². The summed E-state index contributed by atoms with van der Waals surface area (Å²) >= 11 is 5.76. The van der Waals surface area contributed by atoms with Crippen molar-refractivity contribution in [2.75, 3.05) is 40.4 Å². The molecule has 0 aliphatic heterocycles. The number of hydrogen-bond donors (Lipinski definition) is 1. The summed E-state index contributed by atoms with van der Waals surface area (Å²) in [7, 11) is 3.97. The topological polar surface area (TPSA) is 67.6 Å². The quantitative estimate of drug-likeness (QED) is 0.429. The van der Waals surface area contributed by atoms with E-state index in [0.29, 0.717) is 36.9 Å². The monoisotopic (exact) mass is 301 g/mol. The fourth-order valence-corrected chi connectivity index (χ4v) is 1.74. The number of ether oxygens (including phenoxy) is 1. The van der Waals surface area contributed by atoms with Crippen molar-refractivity contribution in [1.82, 2.24) is 10.2 Å². The first kappa shape index (κ1) is 16.8. The van der Waals surface area contributed by atoms with Gasteiger partial charge in [0.15, 0.2) is 0 Å². The summed E-state index contributed by atoms with van der Waals surface area (Å²) < 4.78 is 5.42. The predicted octanol–water partition coefficient (Wildman–Crippen LogP) is 1.92. The van der Waals surface area contributed by atoms with Crippen LogP contribution in [-0.4, -0.2) is 50.2 Å². The maximum Gasteiger partial charge on any atom is 0.275 e. The van der Waals surface area contributed by atoms with Crippen LogP contribution in [0.25, 0.3) is 0 Å². The summed E-state index contributed by atoms with van der Waals surface area (Å²) in [6.45, 7) is 3.20. The molecule has 1 rings (SSSR count). The minimum atomic E-state index is -0.420. The van der Waals surface area contributed by atoms with Gasteiger partial charge in [-0.2, -0.15) is 0 Å². The van der Waals surface area contributed by atoms with Gasteiger partial charge in [0.05, 0.1) is 18.1 Å². The summed E-state index contributed by atoms with van der Waals surface area (Å²) in [6.07, 6.45) is 0. The molecule has 0 amide bonds. The third-order valence-electron chi connectivity index (χ3n) is 2.67. The second-order valence-electron chi connectivity index (χ2n) is 4.62. The maximum atomic E-state index is 10.9. The number of likely N-dealkylation sites (N-methyl/N-ethyl adjacent to an activating group) is 1. The first-order chi connectivity index (χ1) is 9.50. The van der Waals surface area contributed by atoms with Gasteiger partial charge in [-0.1, -0.05) is 11.6 Å². The van der Waals surface area contributed by atoms with Gasteiger partial charge in [0.2, 0.25) is 0 Å². The number of nitro benzene ring substituents is 1. The van der Waals surface area contributed by atoms with Crippen LogP contribution in [0.5, 0.6) is 0 Å². The van der Waals surface area contributed by atoms with Gasteiger partial charge in [0, 0.05) is 36.3 Å². The van der Waals surface area contributed by atoms with Crippen LogP contribution >= 0.6 is 11.6 Å². The van der Waals surface area contributed by atoms with Gasteiger partial charge in [0.1, 0.15) is 0 Å². The average Bonchev–Trinajstić information content (AvgIpc) is 2.38. The van der Waals surface area contributed by atoms with Crippen LogP contribution < -0.4 is 5.32 Å². The lowest BCUT2D eigenvalue weighted by atomic mass is 10.2. The molecule has 0 unspecified atom stereocenters. The van der Waals surface area contributed by atoms with Crippen molar-refractivity contribution in [3.63, 3.8) is 0 Å². The second-order valence-corrected chi connectivity index (χ2v) is 5.06. The van der Waals surface area contributed by atoms with Crippen LogP contribution in [0.2, 0.25) is 5.02 Å². The van der Waals surface area contributed by atoms with Gasteiger partial charge in [0.25, 0.3) is 5.69 Å². The fourth-order valence-electron chi connectivity index (χ4n) is 1.57. The molecule has 0 aromatic heterocycles. The SMILES string of the molecule is CN(C)CCOCCNCc1ccc(Cl)cc1[N+](=O)[O-]. The lowest BCUT2D eigenvalue weighted by Crippen LogP contribution is -2.23. The molecule has 0 atom stereocenters. The molecule has 0 spiro atoms. The van der Waals surface area contributed by atoms with Crippen molar-refractivity contribution >= 4 is 17.3 Å². The van der Waals surface area contributed by atoms with Gasteiger partial charge >= 0.3 is 0 Å². The minimum absolute atomic E-state index is 0.0403. The van der Waals surface area contributed by atoms with Crippen LogP contribution in [0, 0.1) is 10.1 Å². The summed E-state index contributed by atoms with van der Waals surface area (Å²) in [4.78, 5) is 12.5. The third kappa shape index (κ3) is 6.29. The Hall–Kier alpha value is -1.21. The fraction of sp³-hybridized carbons (Fsp3) is 0.538. The molecule has 0 bridgehead atoms. The Morgan fingerprint density at radius 1 is 1.40 bits per heavy atom. The molecule has 20 heavy (non-hydrogen) atoms. The molecule has 0 radical (unpaired) electrons. The molecule has 0 aliphatic carbocycles. The van der Waals surface area contributed by atoms with Crippen molar-refractivity contribution in [1.29, 1.82) is 0 Å². The molecule has 1 N–H and O–H groups in total. The molecule has 0 saturated carbocycles. The number of hydrogen-bond acceptors (Lipinski definition) is 5. The second kappa shape index (κ2) is 8.86. The van der Waals surface area contributed by atoms with E-state index >= 15 is 0 Å². The number of nitro groups is 1. The van der Waals surface area contributed by atoms with Gasteiger partial charge in [-0.25, -0.2) is 0 Å². The number of halogens is 1. The normalized spacial score (nSPS) is 11.0. The Balaban J connectivity index is 2.30. The van der Waals surface area contributed by atoms with E-state index in [9.17, 15) is 10.1 Å². The highest BCUT2D eigenvalue weighted by Gasteiger charge is 2.13. The van der Waals surface area contributed by atoms with Crippen molar-refractivity contribution in [3.05, 3.63) is 38.9 Å². The predicted molar refractivity (Wildman–Crippen MR) is 79.2 cm³/mol. The highest BCUT2D eigenvalue weighted by atomic mass is 35.5. The van der Waals surface area contributed by atoms with Crippen molar-refractivity contribution in [3.8, 4) is 0 Å². The number of rotatable bonds is 9. The Labute approximate surface area is 123 Å². The Morgan fingerprint density at radius 3 is 2.80 bits per heavy atom. The van der Waals surface area contributed by atoms with E-state index in [4.69, 9.17) is 16.3 Å². The molecule has 1 aromatic carbocycles. The molecule has 1 aromatic rings. The molecule has 0 aliphatic rings. The van der Waals surface area contributed by atoms with Crippen LogP contribution in [-0.2, 0) is 11.3 Å². The van der Waals surface area contributed by atoms with E-state index < -0.39 is 4.92 Å². The van der Waals surface area contributed by atoms with Crippen LogP contribution in [0.4, 0.5) is 5.69 Å². The van der Waals surface area contributed by atoms with Gasteiger partial charge in [-0.15, -0.1) is 0 Å². The van der Waals surface area contributed by atoms with E-state index in [1.165, 1.54) is 6.07 Å². The Bertz CT molecular complexity index is 441. The molecule has 0 heterocycles. The van der Waals surface area contributed by atoms with E-state index in [1.807, 2.05) is 19.0 Å². The Kier molecular flexibility index (Phi) is 7.46. The zero-order valence-corrected chi connectivity index (χ0v) is 12.5. The smallest absolute Gasteiger partial charge is 0.275 e. The summed E-state index contributed by atoms with van der Waals surface area (Å²) in [5, 5.41) is 14.4. The van der Waals surface area contributed by atoms with Crippen molar-refractivity contribution in [2.45, 2.75) is 6.54 Å². The molecular weight excluding hydrogens is 282 g/mol. The lowest BCUT2D eigenvalue weighted by Gasteiger charge is -2.10. The maximum absolute atomic E-state index is 10.9. The van der Waals surface area contributed by atoms with Crippen molar-refractivity contribution in [2.24, 2.45) is 0 Å². The van der Waals surface area contributed by atoms with Gasteiger partial charge < -0.3 is 15.0 Å². The van der Waals surface area contributed by atoms with E-state index in [0.717, 1.165) is 6.54 Å². The highest BCUT2D eigenvalue weighted by Crippen LogP contribution is 2.22. The first-order valence-corrected chi connectivity index (χ1v) is 6.74. The highest BCUT2D eigenvalue weighted by molar-refractivity contribution is 6.30. The van der Waals surface area contributed by atoms with Crippen LogP contribution in [0.3, 0.4) is 0 Å². The lowest BCUT2D eigenvalue weighted by molar-refractivity contribution is -0.385. The Morgan fingerprint density at radius 2 is 2.15 bits per heavy atom. The van der Waals surface area contributed by atoms with Crippen LogP contribution in [0.1, 0.15) is 5.56 Å².